The number of aromatic nitrogens is 2. The average Bonchev–Trinajstić information content (AvgIpc) is 3.57. The molecule has 2 heterocycles. The van der Waals surface area contributed by atoms with Crippen molar-refractivity contribution >= 4 is 21.8 Å². The van der Waals surface area contributed by atoms with Gasteiger partial charge in [0, 0.05) is 48.2 Å². The Morgan fingerprint density at radius 2 is 0.923 bits per heavy atom. The Hall–Kier alpha value is -4.04. The summed E-state index contributed by atoms with van der Waals surface area (Å²) >= 11 is 0. The Balaban J connectivity index is 1.48. The number of hydrogen-bond donors (Lipinski definition) is 0. The van der Waals surface area contributed by atoms with Gasteiger partial charge in [-0.25, -0.2) is 0 Å². The number of nitrogens with zero attached hydrogens (tertiary/aromatic N) is 2. The summed E-state index contributed by atoms with van der Waals surface area (Å²) in [5.41, 5.74) is 4.41. The average molecular weight is 517 g/mol. The summed E-state index contributed by atoms with van der Waals surface area (Å²) in [6, 6.07) is 30.3. The SMILES string of the molecule is [2H]C([2H])([2H])C(c1ccc(-n2cc(C(C)C)c3ccccc32)cc1)(c1ccc(-n2cc(C(C)C)c3ccccc32)cc1)C([2H])([2H])[2H]. The largest absolute Gasteiger partial charge is 0.316 e. The molecular formula is C37H38N2. The number of hydrogen-bond acceptors (Lipinski definition) is 0. The standard InChI is InChI=1S/C37H38N2/c1-25(2)33-23-38(35-13-9-7-11-31(33)35)29-19-15-27(16-20-29)37(5,6)28-17-21-30(22-18-28)39-24-34(26(3)4)32-12-8-10-14-36(32)39/h7-26H,1-6H3/i5D3,6D3. The van der Waals surface area contributed by atoms with E-state index in [0.29, 0.717) is 11.8 Å². The lowest BCUT2D eigenvalue weighted by molar-refractivity contribution is 0.640. The second-order valence-electron chi connectivity index (χ2n) is 11.1. The molecule has 6 rings (SSSR count). The van der Waals surface area contributed by atoms with Crippen LogP contribution in [0.25, 0.3) is 33.2 Å². The lowest BCUT2D eigenvalue weighted by Gasteiger charge is -2.27. The van der Waals surface area contributed by atoms with Gasteiger partial charge in [0.15, 0.2) is 0 Å². The van der Waals surface area contributed by atoms with Crippen LogP contribution in [-0.4, -0.2) is 9.13 Å². The molecule has 2 nitrogen and oxygen atoms in total. The summed E-state index contributed by atoms with van der Waals surface area (Å²) in [5.74, 6) is 0.636. The van der Waals surface area contributed by atoms with Crippen LogP contribution >= 0.6 is 0 Å². The zero-order valence-corrected chi connectivity index (χ0v) is 22.9. The summed E-state index contributed by atoms with van der Waals surface area (Å²) in [6.07, 6.45) is 4.22. The molecule has 196 valence electrons. The van der Waals surface area contributed by atoms with Gasteiger partial charge in [0.2, 0.25) is 0 Å². The molecule has 39 heavy (non-hydrogen) atoms. The maximum atomic E-state index is 8.68. The van der Waals surface area contributed by atoms with E-state index < -0.39 is 19.1 Å². The van der Waals surface area contributed by atoms with Crippen molar-refractivity contribution in [1.29, 1.82) is 0 Å². The molecule has 0 saturated heterocycles. The monoisotopic (exact) mass is 516 g/mol. The highest BCUT2D eigenvalue weighted by Gasteiger charge is 2.24. The quantitative estimate of drug-likeness (QED) is 0.208. The minimum atomic E-state index is -2.86. The zero-order chi connectivity index (χ0) is 32.3. The van der Waals surface area contributed by atoms with Gasteiger partial charge in [0.05, 0.1) is 11.0 Å². The van der Waals surface area contributed by atoms with Crippen molar-refractivity contribution in [3.63, 3.8) is 0 Å². The first kappa shape index (κ1) is 19.1. The molecule has 0 N–H and O–H groups in total. The first-order chi connectivity index (χ1) is 21.3. The van der Waals surface area contributed by atoms with Gasteiger partial charge in [-0.15, -0.1) is 0 Å². The molecule has 0 bridgehead atoms. The van der Waals surface area contributed by atoms with E-state index in [1.165, 1.54) is 11.1 Å². The molecule has 0 unspecified atom stereocenters. The number of benzene rings is 4. The summed E-state index contributed by atoms with van der Waals surface area (Å²) < 4.78 is 56.3. The van der Waals surface area contributed by atoms with Gasteiger partial charge in [0.25, 0.3) is 0 Å². The molecule has 0 fully saturated rings. The molecule has 0 aliphatic rings. The molecule has 0 amide bonds. The van der Waals surface area contributed by atoms with Gasteiger partial charge < -0.3 is 9.13 Å². The van der Waals surface area contributed by atoms with Crippen LogP contribution in [0.3, 0.4) is 0 Å². The Morgan fingerprint density at radius 1 is 0.538 bits per heavy atom. The highest BCUT2D eigenvalue weighted by Crippen LogP contribution is 2.35. The number of fused-ring (bicyclic) bond motifs is 2. The first-order valence-electron chi connectivity index (χ1n) is 16.7. The Kier molecular flexibility index (Phi) is 4.70. The molecule has 0 atom stereocenters. The molecule has 2 aromatic heterocycles. The summed E-state index contributed by atoms with van der Waals surface area (Å²) in [6.45, 7) is 2.90. The predicted octanol–water partition coefficient (Wildman–Crippen LogP) is 10.1. The molecule has 4 aromatic carbocycles. The van der Waals surface area contributed by atoms with Crippen molar-refractivity contribution in [2.45, 2.75) is 58.6 Å². The maximum Gasteiger partial charge on any atom is 0.0531 e. The van der Waals surface area contributed by atoms with E-state index in [1.807, 2.05) is 48.5 Å². The van der Waals surface area contributed by atoms with Gasteiger partial charge in [-0.3, -0.25) is 0 Å². The number of rotatable bonds is 6. The second kappa shape index (κ2) is 9.61. The van der Waals surface area contributed by atoms with Crippen LogP contribution in [0.2, 0.25) is 0 Å². The van der Waals surface area contributed by atoms with E-state index in [0.717, 1.165) is 33.2 Å². The van der Waals surface area contributed by atoms with E-state index >= 15 is 0 Å². The lowest BCUT2D eigenvalue weighted by atomic mass is 9.78. The topological polar surface area (TPSA) is 9.86 Å². The van der Waals surface area contributed by atoms with Crippen LogP contribution in [0, 0.1) is 0 Å². The van der Waals surface area contributed by atoms with Gasteiger partial charge in [-0.05, 0) is 70.5 Å². The van der Waals surface area contributed by atoms with E-state index in [9.17, 15) is 0 Å². The maximum absolute atomic E-state index is 8.68. The van der Waals surface area contributed by atoms with Crippen molar-refractivity contribution in [3.8, 4) is 11.4 Å². The van der Waals surface area contributed by atoms with Crippen LogP contribution in [0.1, 0.15) is 83.7 Å². The summed E-state index contributed by atoms with van der Waals surface area (Å²) in [7, 11) is 0. The molecular weight excluding hydrogens is 472 g/mol. The van der Waals surface area contributed by atoms with Crippen LogP contribution in [0.15, 0.2) is 109 Å². The molecule has 0 radical (unpaired) electrons. The minimum absolute atomic E-state index is 0.230. The number of para-hydroxylation sites is 2. The molecule has 0 aliphatic heterocycles. The van der Waals surface area contributed by atoms with Crippen LogP contribution < -0.4 is 0 Å². The van der Waals surface area contributed by atoms with Crippen LogP contribution in [0.4, 0.5) is 0 Å². The highest BCUT2D eigenvalue weighted by molar-refractivity contribution is 5.87. The van der Waals surface area contributed by atoms with E-state index in [2.05, 4.69) is 73.5 Å². The summed E-state index contributed by atoms with van der Waals surface area (Å²) in [4.78, 5) is 0. The lowest BCUT2D eigenvalue weighted by Crippen LogP contribution is -2.19. The highest BCUT2D eigenvalue weighted by atomic mass is 15.0. The van der Waals surface area contributed by atoms with Gasteiger partial charge >= 0.3 is 0 Å². The normalized spacial score (nSPS) is 15.2. The Bertz CT molecular complexity index is 1830. The zero-order valence-electron chi connectivity index (χ0n) is 28.9. The smallest absolute Gasteiger partial charge is 0.0531 e. The van der Waals surface area contributed by atoms with E-state index in [-0.39, 0.29) is 11.1 Å². The van der Waals surface area contributed by atoms with Crippen LogP contribution in [-0.2, 0) is 5.41 Å². The third kappa shape index (κ3) is 4.29. The van der Waals surface area contributed by atoms with Crippen molar-refractivity contribution in [3.05, 3.63) is 132 Å². The van der Waals surface area contributed by atoms with Gasteiger partial charge in [-0.2, -0.15) is 0 Å². The fourth-order valence-corrected chi connectivity index (χ4v) is 5.67. The van der Waals surface area contributed by atoms with Crippen molar-refractivity contribution in [1.82, 2.24) is 9.13 Å². The van der Waals surface area contributed by atoms with Crippen molar-refractivity contribution in [2.75, 3.05) is 0 Å². The Morgan fingerprint density at radius 3 is 1.28 bits per heavy atom. The van der Waals surface area contributed by atoms with Crippen LogP contribution in [0.5, 0.6) is 0 Å². The van der Waals surface area contributed by atoms with Gasteiger partial charge in [-0.1, -0.05) is 102 Å². The molecule has 6 aromatic rings. The van der Waals surface area contributed by atoms with E-state index in [4.69, 9.17) is 8.22 Å². The first-order valence-corrected chi connectivity index (χ1v) is 13.7. The molecule has 2 heteroatoms. The summed E-state index contributed by atoms with van der Waals surface area (Å²) in [5, 5.41) is 2.32. The van der Waals surface area contributed by atoms with Crippen molar-refractivity contribution < 1.29 is 8.22 Å². The predicted molar refractivity (Wildman–Crippen MR) is 167 cm³/mol. The van der Waals surface area contributed by atoms with Gasteiger partial charge in [0.1, 0.15) is 0 Å². The molecule has 0 spiro atoms. The minimum Gasteiger partial charge on any atom is -0.316 e. The molecule has 0 aliphatic carbocycles. The fourth-order valence-electron chi connectivity index (χ4n) is 5.67. The Labute approximate surface area is 241 Å². The van der Waals surface area contributed by atoms with E-state index in [1.54, 1.807) is 24.3 Å². The molecule has 0 saturated carbocycles. The fraction of sp³-hybridized carbons (Fsp3) is 0.243. The third-order valence-electron chi connectivity index (χ3n) is 7.89. The second-order valence-corrected chi connectivity index (χ2v) is 11.1. The third-order valence-corrected chi connectivity index (χ3v) is 7.89. The van der Waals surface area contributed by atoms with Crippen molar-refractivity contribution in [2.24, 2.45) is 0 Å².